The van der Waals surface area contributed by atoms with Crippen LogP contribution < -0.4 is 4.74 Å². The lowest BCUT2D eigenvalue weighted by molar-refractivity contribution is 0.218. The molecule has 2 unspecified atom stereocenters. The van der Waals surface area contributed by atoms with E-state index in [-0.39, 0.29) is 18.0 Å². The SMILES string of the molecule is CC(C)c1cc(C(O)c2c(Br)cc(OCP(C)(=O)O)cc2Br)ccc1O. The maximum absolute atomic E-state index is 11.4. The van der Waals surface area contributed by atoms with Crippen molar-refractivity contribution in [2.75, 3.05) is 13.0 Å². The van der Waals surface area contributed by atoms with E-state index in [1.54, 1.807) is 30.3 Å². The molecule has 0 aliphatic rings. The first kappa shape index (κ1) is 21.5. The lowest BCUT2D eigenvalue weighted by atomic mass is 9.95. The van der Waals surface area contributed by atoms with Crippen molar-refractivity contribution < 1.29 is 24.4 Å². The minimum absolute atomic E-state index is 0.119. The number of hydrogen-bond donors (Lipinski definition) is 3. The molecule has 0 bridgehead atoms. The zero-order valence-electron chi connectivity index (χ0n) is 14.6. The molecule has 0 saturated carbocycles. The monoisotopic (exact) mass is 506 g/mol. The van der Waals surface area contributed by atoms with E-state index < -0.39 is 13.5 Å². The van der Waals surface area contributed by atoms with Crippen molar-refractivity contribution in [2.24, 2.45) is 0 Å². The summed E-state index contributed by atoms with van der Waals surface area (Å²) in [4.78, 5) is 9.35. The smallest absolute Gasteiger partial charge is 0.233 e. The van der Waals surface area contributed by atoms with Crippen molar-refractivity contribution in [1.29, 1.82) is 0 Å². The molecule has 5 nitrogen and oxygen atoms in total. The van der Waals surface area contributed by atoms with Crippen LogP contribution in [0.15, 0.2) is 39.3 Å². The van der Waals surface area contributed by atoms with E-state index in [0.717, 1.165) is 5.56 Å². The molecule has 0 radical (unpaired) electrons. The number of benzene rings is 2. The highest BCUT2D eigenvalue weighted by atomic mass is 79.9. The molecule has 2 rings (SSSR count). The summed E-state index contributed by atoms with van der Waals surface area (Å²) in [5.74, 6) is 0.725. The second-order valence-corrected chi connectivity index (χ2v) is 10.6. The molecule has 0 aliphatic carbocycles. The van der Waals surface area contributed by atoms with Gasteiger partial charge in [0.15, 0.2) is 6.35 Å². The Labute approximate surface area is 169 Å². The van der Waals surface area contributed by atoms with Gasteiger partial charge in [-0.3, -0.25) is 4.57 Å². The molecule has 0 fully saturated rings. The lowest BCUT2D eigenvalue weighted by Gasteiger charge is -2.19. The standard InChI is InChI=1S/C18H21Br2O5P/c1-10(2)13-6-11(4-5-16(13)21)18(22)17-14(19)7-12(8-15(17)20)25-9-26(3,23)24/h4-8,10,18,21-22H,9H2,1-3H3,(H,23,24). The zero-order chi connectivity index (χ0) is 19.6. The molecule has 0 aliphatic heterocycles. The van der Waals surface area contributed by atoms with E-state index in [0.29, 0.717) is 25.8 Å². The summed E-state index contributed by atoms with van der Waals surface area (Å²) in [6.45, 7) is 5.17. The minimum Gasteiger partial charge on any atom is -0.508 e. The highest BCUT2D eigenvalue weighted by molar-refractivity contribution is 9.11. The average Bonchev–Trinajstić information content (AvgIpc) is 2.51. The van der Waals surface area contributed by atoms with Gasteiger partial charge in [-0.05, 0) is 41.3 Å². The average molecular weight is 508 g/mol. The summed E-state index contributed by atoms with van der Waals surface area (Å²) in [7, 11) is -3.29. The predicted octanol–water partition coefficient (Wildman–Crippen LogP) is 5.36. The number of rotatable bonds is 6. The van der Waals surface area contributed by atoms with Gasteiger partial charge in [0.2, 0.25) is 7.37 Å². The van der Waals surface area contributed by atoms with Gasteiger partial charge < -0.3 is 19.8 Å². The first-order chi connectivity index (χ1) is 12.0. The van der Waals surface area contributed by atoms with Crippen molar-refractivity contribution in [3.63, 3.8) is 0 Å². The second-order valence-electron chi connectivity index (χ2n) is 6.50. The summed E-state index contributed by atoms with van der Waals surface area (Å²) < 4.78 is 17.9. The highest BCUT2D eigenvalue weighted by Gasteiger charge is 2.21. The van der Waals surface area contributed by atoms with Crippen LogP contribution in [0.1, 0.15) is 42.6 Å². The van der Waals surface area contributed by atoms with E-state index in [1.165, 1.54) is 6.66 Å². The van der Waals surface area contributed by atoms with Crippen molar-refractivity contribution in [2.45, 2.75) is 25.9 Å². The predicted molar refractivity (Wildman–Crippen MR) is 109 cm³/mol. The van der Waals surface area contributed by atoms with Crippen LogP contribution in [0.3, 0.4) is 0 Å². The molecule has 2 aromatic carbocycles. The molecular weight excluding hydrogens is 487 g/mol. The molecule has 3 N–H and O–H groups in total. The number of aromatic hydroxyl groups is 1. The Kier molecular flexibility index (Phi) is 6.97. The molecule has 26 heavy (non-hydrogen) atoms. The first-order valence-corrected chi connectivity index (χ1v) is 11.8. The number of aliphatic hydroxyl groups excluding tert-OH is 1. The Balaban J connectivity index is 2.36. The van der Waals surface area contributed by atoms with Crippen molar-refractivity contribution in [1.82, 2.24) is 0 Å². The first-order valence-electron chi connectivity index (χ1n) is 7.91. The van der Waals surface area contributed by atoms with E-state index >= 15 is 0 Å². The van der Waals surface area contributed by atoms with E-state index in [2.05, 4.69) is 31.9 Å². The van der Waals surface area contributed by atoms with Gasteiger partial charge in [-0.15, -0.1) is 0 Å². The van der Waals surface area contributed by atoms with Gasteiger partial charge in [-0.1, -0.05) is 51.8 Å². The Morgan fingerprint density at radius 3 is 2.23 bits per heavy atom. The van der Waals surface area contributed by atoms with E-state index in [9.17, 15) is 19.7 Å². The van der Waals surface area contributed by atoms with Crippen LogP contribution >= 0.6 is 39.2 Å². The normalized spacial score (nSPS) is 14.9. The quantitative estimate of drug-likeness (QED) is 0.458. The van der Waals surface area contributed by atoms with Crippen LogP contribution in [0.5, 0.6) is 11.5 Å². The Morgan fingerprint density at radius 2 is 1.73 bits per heavy atom. The summed E-state index contributed by atoms with van der Waals surface area (Å²) in [5, 5.41) is 20.8. The van der Waals surface area contributed by atoms with Crippen molar-refractivity contribution in [3.05, 3.63) is 56.0 Å². The maximum Gasteiger partial charge on any atom is 0.233 e. The molecule has 142 valence electrons. The maximum atomic E-state index is 11.4. The summed E-state index contributed by atoms with van der Waals surface area (Å²) >= 11 is 6.85. The minimum atomic E-state index is -3.29. The fourth-order valence-corrected chi connectivity index (χ4v) is 4.44. The van der Waals surface area contributed by atoms with Crippen LogP contribution in [0.4, 0.5) is 0 Å². The third kappa shape index (κ3) is 5.33. The Hall–Kier alpha value is -0.850. The van der Waals surface area contributed by atoms with E-state index in [1.807, 2.05) is 13.8 Å². The number of hydrogen-bond acceptors (Lipinski definition) is 4. The zero-order valence-corrected chi connectivity index (χ0v) is 18.7. The van der Waals surface area contributed by atoms with Crippen LogP contribution in [-0.2, 0) is 4.57 Å². The molecule has 8 heteroatoms. The van der Waals surface area contributed by atoms with Gasteiger partial charge in [0, 0.05) is 21.2 Å². The number of aliphatic hydroxyl groups is 1. The van der Waals surface area contributed by atoms with Gasteiger partial charge in [0.1, 0.15) is 17.6 Å². The molecule has 0 spiro atoms. The third-order valence-electron chi connectivity index (χ3n) is 3.79. The molecule has 0 aromatic heterocycles. The van der Waals surface area contributed by atoms with Crippen LogP contribution in [0, 0.1) is 0 Å². The third-order valence-corrected chi connectivity index (χ3v) is 5.71. The molecule has 0 heterocycles. The summed E-state index contributed by atoms with van der Waals surface area (Å²) in [5.41, 5.74) is 2.01. The van der Waals surface area contributed by atoms with Crippen molar-refractivity contribution >= 4 is 39.2 Å². The largest absolute Gasteiger partial charge is 0.508 e. The fraction of sp³-hybridized carbons (Fsp3) is 0.333. The number of halogens is 2. The lowest BCUT2D eigenvalue weighted by Crippen LogP contribution is -2.05. The van der Waals surface area contributed by atoms with Gasteiger partial charge >= 0.3 is 0 Å². The molecule has 0 amide bonds. The Bertz CT molecular complexity index is 824. The molecular formula is C18H21Br2O5P. The number of ether oxygens (including phenoxy) is 1. The fourth-order valence-electron chi connectivity index (χ4n) is 2.47. The summed E-state index contributed by atoms with van der Waals surface area (Å²) in [6, 6.07) is 8.32. The Morgan fingerprint density at radius 1 is 1.15 bits per heavy atom. The van der Waals surface area contributed by atoms with Crippen LogP contribution in [-0.4, -0.2) is 28.1 Å². The topological polar surface area (TPSA) is 87.0 Å². The van der Waals surface area contributed by atoms with Crippen LogP contribution in [0.2, 0.25) is 0 Å². The van der Waals surface area contributed by atoms with Crippen molar-refractivity contribution in [3.8, 4) is 11.5 Å². The van der Waals surface area contributed by atoms with Crippen LogP contribution in [0.25, 0.3) is 0 Å². The summed E-state index contributed by atoms with van der Waals surface area (Å²) in [6.07, 6.45) is -1.22. The van der Waals surface area contributed by atoms with Gasteiger partial charge in [-0.2, -0.15) is 0 Å². The number of phenols is 1. The molecule has 2 aromatic rings. The number of phenolic OH excluding ortho intramolecular Hbond substituents is 1. The van der Waals surface area contributed by atoms with Gasteiger partial charge in [0.05, 0.1) is 0 Å². The van der Waals surface area contributed by atoms with Gasteiger partial charge in [-0.25, -0.2) is 0 Å². The van der Waals surface area contributed by atoms with Gasteiger partial charge in [0.25, 0.3) is 0 Å². The second kappa shape index (κ2) is 8.44. The van der Waals surface area contributed by atoms with E-state index in [4.69, 9.17) is 4.74 Å². The molecule has 0 saturated heterocycles. The molecule has 2 atom stereocenters. The highest BCUT2D eigenvalue weighted by Crippen LogP contribution is 2.41.